The van der Waals surface area contributed by atoms with Crippen LogP contribution in [0.25, 0.3) is 0 Å². The van der Waals surface area contributed by atoms with Crippen molar-refractivity contribution >= 4 is 11.8 Å². The highest BCUT2D eigenvalue weighted by molar-refractivity contribution is 7.99. The van der Waals surface area contributed by atoms with E-state index in [2.05, 4.69) is 12.2 Å². The Kier molecular flexibility index (Phi) is 5.59. The monoisotopic (exact) mass is 135 g/mol. The van der Waals surface area contributed by atoms with E-state index in [9.17, 15) is 0 Å². The molecule has 0 aliphatic rings. The fourth-order valence-electron chi connectivity index (χ4n) is 0.313. The molecule has 0 aliphatic heterocycles. The quantitative estimate of drug-likeness (QED) is 0.543. The van der Waals surface area contributed by atoms with Gasteiger partial charge in [0, 0.05) is 5.75 Å². The van der Waals surface area contributed by atoms with Gasteiger partial charge in [0.2, 0.25) is 0 Å². The minimum Gasteiger partial charge on any atom is -0.396 e. The zero-order valence-corrected chi connectivity index (χ0v) is 6.16. The summed E-state index contributed by atoms with van der Waals surface area (Å²) in [5, 5.41) is 11.9. The Labute approximate surface area is 54.7 Å². The third-order valence-electron chi connectivity index (χ3n) is 0.866. The van der Waals surface area contributed by atoms with Crippen LogP contribution >= 0.6 is 11.8 Å². The van der Waals surface area contributed by atoms with Crippen molar-refractivity contribution in [3.63, 3.8) is 0 Å². The molecular formula is C5H13NOS. The highest BCUT2D eigenvalue weighted by Gasteiger charge is 1.94. The minimum atomic E-state index is 0.274. The molecule has 2 N–H and O–H groups in total. The van der Waals surface area contributed by atoms with E-state index in [4.69, 9.17) is 5.11 Å². The van der Waals surface area contributed by atoms with Crippen molar-refractivity contribution in [3.05, 3.63) is 0 Å². The van der Waals surface area contributed by atoms with Gasteiger partial charge in [0.1, 0.15) is 0 Å². The van der Waals surface area contributed by atoms with Gasteiger partial charge < -0.3 is 10.4 Å². The van der Waals surface area contributed by atoms with Crippen molar-refractivity contribution in [3.8, 4) is 0 Å². The maximum absolute atomic E-state index is 8.36. The van der Waals surface area contributed by atoms with Gasteiger partial charge in [0.05, 0.1) is 12.0 Å². The molecule has 50 valence electrons. The largest absolute Gasteiger partial charge is 0.396 e. The molecule has 3 heteroatoms. The lowest BCUT2D eigenvalue weighted by molar-refractivity contribution is 0.322. The minimum absolute atomic E-state index is 0.274. The summed E-state index contributed by atoms with van der Waals surface area (Å²) in [5.41, 5.74) is 0. The fraction of sp³-hybridized carbons (Fsp3) is 1.00. The molecule has 2 nitrogen and oxygen atoms in total. The molecule has 0 aromatic carbocycles. The number of thioether (sulfide) groups is 1. The predicted octanol–water partition coefficient (Wildman–Crippen LogP) is 0.277. The Morgan fingerprint density at radius 3 is 2.75 bits per heavy atom. The SMILES string of the molecule is CNC(C)SCCO. The summed E-state index contributed by atoms with van der Waals surface area (Å²) < 4.78 is 0. The van der Waals surface area contributed by atoms with Gasteiger partial charge in [0.25, 0.3) is 0 Å². The molecule has 0 rings (SSSR count). The Bertz CT molecular complexity index is 51.7. The van der Waals surface area contributed by atoms with Crippen molar-refractivity contribution in [2.45, 2.75) is 12.3 Å². The Morgan fingerprint density at radius 2 is 2.38 bits per heavy atom. The van der Waals surface area contributed by atoms with Gasteiger partial charge in [-0.1, -0.05) is 0 Å². The second-order valence-corrected chi connectivity index (χ2v) is 2.97. The van der Waals surface area contributed by atoms with Crippen molar-refractivity contribution in [1.29, 1.82) is 0 Å². The van der Waals surface area contributed by atoms with Crippen LogP contribution in [-0.4, -0.2) is 29.9 Å². The second-order valence-electron chi connectivity index (χ2n) is 1.53. The van der Waals surface area contributed by atoms with Crippen molar-refractivity contribution in [2.24, 2.45) is 0 Å². The van der Waals surface area contributed by atoms with Gasteiger partial charge in [-0.2, -0.15) is 0 Å². The van der Waals surface area contributed by atoms with Crippen LogP contribution in [0.5, 0.6) is 0 Å². The van der Waals surface area contributed by atoms with Crippen LogP contribution in [0.4, 0.5) is 0 Å². The fourth-order valence-corrected chi connectivity index (χ4v) is 0.938. The van der Waals surface area contributed by atoms with E-state index >= 15 is 0 Å². The number of aliphatic hydroxyl groups excluding tert-OH is 1. The van der Waals surface area contributed by atoms with E-state index in [0.717, 1.165) is 5.75 Å². The molecule has 1 atom stereocenters. The summed E-state index contributed by atoms with van der Waals surface area (Å²) in [6, 6.07) is 0. The molecule has 0 saturated carbocycles. The van der Waals surface area contributed by atoms with Gasteiger partial charge in [-0.3, -0.25) is 0 Å². The van der Waals surface area contributed by atoms with Gasteiger partial charge in [-0.05, 0) is 14.0 Å². The zero-order valence-electron chi connectivity index (χ0n) is 5.35. The molecule has 0 fully saturated rings. The average molecular weight is 135 g/mol. The molecule has 0 aromatic heterocycles. The van der Waals surface area contributed by atoms with Gasteiger partial charge in [0.15, 0.2) is 0 Å². The molecule has 0 bridgehead atoms. The molecule has 0 amide bonds. The molecule has 0 aliphatic carbocycles. The summed E-state index contributed by atoms with van der Waals surface area (Å²) in [6.07, 6.45) is 0. The smallest absolute Gasteiger partial charge is 0.0522 e. The van der Waals surface area contributed by atoms with Gasteiger partial charge in [-0.15, -0.1) is 11.8 Å². The van der Waals surface area contributed by atoms with E-state index in [1.807, 2.05) is 7.05 Å². The van der Waals surface area contributed by atoms with Gasteiger partial charge >= 0.3 is 0 Å². The first-order valence-corrected chi connectivity index (χ1v) is 3.76. The number of nitrogens with one attached hydrogen (secondary N) is 1. The first-order chi connectivity index (χ1) is 3.81. The maximum atomic E-state index is 8.36. The van der Waals surface area contributed by atoms with Crippen LogP contribution < -0.4 is 5.32 Å². The van der Waals surface area contributed by atoms with Crippen LogP contribution in [0.2, 0.25) is 0 Å². The first-order valence-electron chi connectivity index (χ1n) is 2.71. The van der Waals surface area contributed by atoms with E-state index in [1.54, 1.807) is 11.8 Å². The summed E-state index contributed by atoms with van der Waals surface area (Å²) in [6.45, 7) is 2.34. The van der Waals surface area contributed by atoms with E-state index in [0.29, 0.717) is 5.37 Å². The molecule has 8 heavy (non-hydrogen) atoms. The van der Waals surface area contributed by atoms with Crippen LogP contribution in [0.3, 0.4) is 0 Å². The van der Waals surface area contributed by atoms with Crippen molar-refractivity contribution in [2.75, 3.05) is 19.4 Å². The molecule has 0 heterocycles. The molecule has 1 unspecified atom stereocenters. The molecule has 0 radical (unpaired) electrons. The Hall–Kier alpha value is 0.270. The Morgan fingerprint density at radius 1 is 1.75 bits per heavy atom. The first kappa shape index (κ1) is 8.27. The van der Waals surface area contributed by atoms with Gasteiger partial charge in [-0.25, -0.2) is 0 Å². The molecule has 0 aromatic rings. The van der Waals surface area contributed by atoms with E-state index < -0.39 is 0 Å². The normalized spacial score (nSPS) is 13.9. The maximum Gasteiger partial charge on any atom is 0.0522 e. The summed E-state index contributed by atoms with van der Waals surface area (Å²) in [7, 11) is 1.91. The molecule has 0 saturated heterocycles. The third kappa shape index (κ3) is 4.43. The topological polar surface area (TPSA) is 32.3 Å². The lowest BCUT2D eigenvalue weighted by Gasteiger charge is -2.06. The average Bonchev–Trinajstić information content (AvgIpc) is 1.83. The van der Waals surface area contributed by atoms with Crippen LogP contribution in [0.15, 0.2) is 0 Å². The highest BCUT2D eigenvalue weighted by atomic mass is 32.2. The summed E-state index contributed by atoms with van der Waals surface area (Å²) in [5.74, 6) is 0.821. The standard InChI is InChI=1S/C5H13NOS/c1-5(6-2)8-4-3-7/h5-7H,3-4H2,1-2H3. The number of aliphatic hydroxyl groups is 1. The number of hydrogen-bond acceptors (Lipinski definition) is 3. The van der Waals surface area contributed by atoms with Crippen LogP contribution in [0.1, 0.15) is 6.92 Å². The number of hydrogen-bond donors (Lipinski definition) is 2. The highest BCUT2D eigenvalue weighted by Crippen LogP contribution is 2.03. The van der Waals surface area contributed by atoms with Crippen LogP contribution in [-0.2, 0) is 0 Å². The summed E-state index contributed by atoms with van der Waals surface area (Å²) >= 11 is 1.72. The molecule has 0 spiro atoms. The lowest BCUT2D eigenvalue weighted by atomic mass is 10.8. The lowest BCUT2D eigenvalue weighted by Crippen LogP contribution is -2.17. The summed E-state index contributed by atoms with van der Waals surface area (Å²) in [4.78, 5) is 0. The Balaban J connectivity index is 2.86. The van der Waals surface area contributed by atoms with Crippen molar-refractivity contribution < 1.29 is 5.11 Å². The zero-order chi connectivity index (χ0) is 6.41. The van der Waals surface area contributed by atoms with Crippen LogP contribution in [0, 0.1) is 0 Å². The second kappa shape index (κ2) is 5.41. The van der Waals surface area contributed by atoms with E-state index in [-0.39, 0.29) is 6.61 Å². The number of rotatable bonds is 4. The van der Waals surface area contributed by atoms with Crippen molar-refractivity contribution in [1.82, 2.24) is 5.32 Å². The van der Waals surface area contributed by atoms with E-state index in [1.165, 1.54) is 0 Å². The predicted molar refractivity (Wildman–Crippen MR) is 38.1 cm³/mol. The molecular weight excluding hydrogens is 122 g/mol. The third-order valence-corrected chi connectivity index (χ3v) is 2.02.